The van der Waals surface area contributed by atoms with Crippen LogP contribution < -0.4 is 0 Å². The zero-order valence-electron chi connectivity index (χ0n) is 15.4. The van der Waals surface area contributed by atoms with Gasteiger partial charge in [0.05, 0.1) is 12.7 Å². The summed E-state index contributed by atoms with van der Waals surface area (Å²) in [5.41, 5.74) is 0.616. The second kappa shape index (κ2) is 7.63. The molecule has 1 atom stereocenters. The van der Waals surface area contributed by atoms with E-state index in [4.69, 9.17) is 4.74 Å². The number of β-amino-alcohol motifs (C(OH)–C–C–N with tert-alkyl or cyclic N) is 1. The summed E-state index contributed by atoms with van der Waals surface area (Å²) < 4.78 is 5.93. The van der Waals surface area contributed by atoms with Gasteiger partial charge in [-0.2, -0.15) is 0 Å². The standard InChI is InChI=1S/C21H37NO2/c23-20(15-22-6-3-1-2-4-7-22)16-24-8-5-21-12-17-9-18(13-21)11-19(10-17)14-21/h17-20,23H,1-16H2/t17?,18?,19?,20-,21?/m0/s1. The van der Waals surface area contributed by atoms with E-state index in [1.54, 1.807) is 0 Å². The van der Waals surface area contributed by atoms with Crippen molar-refractivity contribution in [1.82, 2.24) is 4.90 Å². The molecule has 4 aliphatic carbocycles. The molecule has 4 bridgehead atoms. The van der Waals surface area contributed by atoms with Gasteiger partial charge in [0.1, 0.15) is 0 Å². The summed E-state index contributed by atoms with van der Waals surface area (Å²) >= 11 is 0. The lowest BCUT2D eigenvalue weighted by Gasteiger charge is -2.57. The van der Waals surface area contributed by atoms with E-state index in [-0.39, 0.29) is 6.10 Å². The van der Waals surface area contributed by atoms with Crippen LogP contribution in [0.25, 0.3) is 0 Å². The highest BCUT2D eigenvalue weighted by Crippen LogP contribution is 2.61. The highest BCUT2D eigenvalue weighted by atomic mass is 16.5. The minimum atomic E-state index is -0.306. The fourth-order valence-corrected chi connectivity index (χ4v) is 6.77. The molecule has 0 spiro atoms. The van der Waals surface area contributed by atoms with Crippen molar-refractivity contribution in [2.24, 2.45) is 23.2 Å². The quantitative estimate of drug-likeness (QED) is 0.717. The van der Waals surface area contributed by atoms with Crippen molar-refractivity contribution in [3.8, 4) is 0 Å². The van der Waals surface area contributed by atoms with E-state index in [1.807, 2.05) is 0 Å². The molecule has 1 heterocycles. The van der Waals surface area contributed by atoms with E-state index < -0.39 is 0 Å². The highest BCUT2D eigenvalue weighted by Gasteiger charge is 2.50. The fraction of sp³-hybridized carbons (Fsp3) is 1.00. The van der Waals surface area contributed by atoms with Crippen LogP contribution in [-0.2, 0) is 4.74 Å². The molecule has 1 aliphatic heterocycles. The van der Waals surface area contributed by atoms with Crippen molar-refractivity contribution in [2.75, 3.05) is 32.8 Å². The number of likely N-dealkylation sites (tertiary alicyclic amines) is 1. The summed E-state index contributed by atoms with van der Waals surface area (Å²) in [6.07, 6.45) is 15.2. The lowest BCUT2D eigenvalue weighted by Crippen LogP contribution is -2.46. The van der Waals surface area contributed by atoms with Crippen LogP contribution in [0.5, 0.6) is 0 Å². The maximum absolute atomic E-state index is 10.3. The molecule has 1 N–H and O–H groups in total. The summed E-state index contributed by atoms with van der Waals surface area (Å²) in [6.45, 7) is 4.51. The van der Waals surface area contributed by atoms with Gasteiger partial charge >= 0.3 is 0 Å². The van der Waals surface area contributed by atoms with Crippen LogP contribution in [0.2, 0.25) is 0 Å². The molecule has 0 unspecified atom stereocenters. The first-order valence-corrected chi connectivity index (χ1v) is 10.7. The number of aliphatic hydroxyl groups excluding tert-OH is 1. The second-order valence-electron chi connectivity index (χ2n) is 9.61. The van der Waals surface area contributed by atoms with E-state index in [0.29, 0.717) is 12.0 Å². The Morgan fingerprint density at radius 1 is 0.917 bits per heavy atom. The molecular formula is C21H37NO2. The van der Waals surface area contributed by atoms with E-state index in [0.717, 1.165) is 44.0 Å². The maximum Gasteiger partial charge on any atom is 0.0900 e. The number of ether oxygens (including phenoxy) is 1. The molecule has 1 saturated heterocycles. The predicted octanol–water partition coefficient (Wildman–Crippen LogP) is 3.85. The topological polar surface area (TPSA) is 32.7 Å². The van der Waals surface area contributed by atoms with Crippen LogP contribution in [0.1, 0.15) is 70.6 Å². The zero-order chi connectivity index (χ0) is 16.4. The summed E-state index contributed by atoms with van der Waals surface area (Å²) in [4.78, 5) is 2.43. The van der Waals surface area contributed by atoms with Crippen molar-refractivity contribution in [3.63, 3.8) is 0 Å². The fourth-order valence-electron chi connectivity index (χ4n) is 6.77. The molecule has 5 rings (SSSR count). The van der Waals surface area contributed by atoms with E-state index >= 15 is 0 Å². The summed E-state index contributed by atoms with van der Waals surface area (Å²) in [6, 6.07) is 0. The Kier molecular flexibility index (Phi) is 5.50. The molecule has 3 heteroatoms. The Balaban J connectivity index is 1.15. The van der Waals surface area contributed by atoms with Gasteiger partial charge in [-0.3, -0.25) is 0 Å². The molecule has 24 heavy (non-hydrogen) atoms. The van der Waals surface area contributed by atoms with Gasteiger partial charge < -0.3 is 14.7 Å². The van der Waals surface area contributed by atoms with Gasteiger partial charge in [-0.15, -0.1) is 0 Å². The number of hydrogen-bond donors (Lipinski definition) is 1. The third-order valence-corrected chi connectivity index (χ3v) is 7.42. The Morgan fingerprint density at radius 3 is 2.08 bits per heavy atom. The van der Waals surface area contributed by atoms with Crippen molar-refractivity contribution >= 4 is 0 Å². The monoisotopic (exact) mass is 335 g/mol. The first-order valence-electron chi connectivity index (χ1n) is 10.7. The van der Waals surface area contributed by atoms with Crippen molar-refractivity contribution in [2.45, 2.75) is 76.7 Å². The normalized spacial score (nSPS) is 40.6. The Labute approximate surface area is 148 Å². The number of aliphatic hydroxyl groups is 1. The Bertz CT molecular complexity index is 367. The first-order chi connectivity index (χ1) is 11.7. The SMILES string of the molecule is O[C@H](COCCC12CC3CC(CC(C3)C1)C2)CN1CCCCCC1. The molecule has 138 valence electrons. The van der Waals surface area contributed by atoms with E-state index in [9.17, 15) is 5.11 Å². The van der Waals surface area contributed by atoms with Gasteiger partial charge in [-0.05, 0) is 94.0 Å². The summed E-state index contributed by atoms with van der Waals surface area (Å²) in [5.74, 6) is 3.10. The highest BCUT2D eigenvalue weighted by molar-refractivity contribution is 5.01. The van der Waals surface area contributed by atoms with Gasteiger partial charge in [0.15, 0.2) is 0 Å². The van der Waals surface area contributed by atoms with Crippen LogP contribution in [0, 0.1) is 23.2 Å². The molecular weight excluding hydrogens is 298 g/mol. The van der Waals surface area contributed by atoms with Crippen LogP contribution >= 0.6 is 0 Å². The smallest absolute Gasteiger partial charge is 0.0900 e. The van der Waals surface area contributed by atoms with Crippen LogP contribution in [0.3, 0.4) is 0 Å². The third-order valence-electron chi connectivity index (χ3n) is 7.42. The molecule has 5 aliphatic rings. The van der Waals surface area contributed by atoms with Crippen LogP contribution in [0.15, 0.2) is 0 Å². The lowest BCUT2D eigenvalue weighted by molar-refractivity contribution is -0.0740. The number of hydrogen-bond acceptors (Lipinski definition) is 3. The van der Waals surface area contributed by atoms with Gasteiger partial charge in [0, 0.05) is 13.2 Å². The Morgan fingerprint density at radius 2 is 1.50 bits per heavy atom. The first kappa shape index (κ1) is 17.3. The molecule has 0 amide bonds. The van der Waals surface area contributed by atoms with Gasteiger partial charge in [0.2, 0.25) is 0 Å². The van der Waals surface area contributed by atoms with E-state index in [2.05, 4.69) is 4.90 Å². The number of rotatable bonds is 7. The van der Waals surface area contributed by atoms with Gasteiger partial charge in [-0.25, -0.2) is 0 Å². The second-order valence-corrected chi connectivity index (χ2v) is 9.61. The average Bonchev–Trinajstić information content (AvgIpc) is 2.79. The molecule has 0 aromatic carbocycles. The summed E-state index contributed by atoms with van der Waals surface area (Å²) in [7, 11) is 0. The predicted molar refractivity (Wildman–Crippen MR) is 97.0 cm³/mol. The molecule has 5 fully saturated rings. The average molecular weight is 336 g/mol. The Hall–Kier alpha value is -0.120. The van der Waals surface area contributed by atoms with Crippen LogP contribution in [-0.4, -0.2) is 49.0 Å². The maximum atomic E-state index is 10.3. The number of nitrogens with zero attached hydrogens (tertiary/aromatic N) is 1. The molecule has 0 aromatic heterocycles. The van der Waals surface area contributed by atoms with Gasteiger partial charge in [0.25, 0.3) is 0 Å². The minimum Gasteiger partial charge on any atom is -0.389 e. The van der Waals surface area contributed by atoms with E-state index in [1.165, 1.54) is 70.6 Å². The van der Waals surface area contributed by atoms with Crippen LogP contribution in [0.4, 0.5) is 0 Å². The van der Waals surface area contributed by atoms with Crippen molar-refractivity contribution in [3.05, 3.63) is 0 Å². The molecule has 0 aromatic rings. The zero-order valence-corrected chi connectivity index (χ0v) is 15.4. The largest absolute Gasteiger partial charge is 0.389 e. The molecule has 0 radical (unpaired) electrons. The van der Waals surface area contributed by atoms with Crippen molar-refractivity contribution < 1.29 is 9.84 Å². The lowest BCUT2D eigenvalue weighted by atomic mass is 9.49. The minimum absolute atomic E-state index is 0.306. The third kappa shape index (κ3) is 4.16. The van der Waals surface area contributed by atoms with Gasteiger partial charge in [-0.1, -0.05) is 12.8 Å². The summed E-state index contributed by atoms with van der Waals surface area (Å²) in [5, 5.41) is 10.3. The van der Waals surface area contributed by atoms with Crippen molar-refractivity contribution in [1.29, 1.82) is 0 Å². The molecule has 4 saturated carbocycles. The molecule has 3 nitrogen and oxygen atoms in total.